The highest BCUT2D eigenvalue weighted by atomic mass is 35.5. The van der Waals surface area contributed by atoms with Crippen LogP contribution < -0.4 is 5.32 Å². The molecule has 1 aliphatic rings. The summed E-state index contributed by atoms with van der Waals surface area (Å²) in [6.45, 7) is 6.97. The summed E-state index contributed by atoms with van der Waals surface area (Å²) in [5.41, 5.74) is 4.54. The predicted molar refractivity (Wildman–Crippen MR) is 127 cm³/mol. The Kier molecular flexibility index (Phi) is 7.56. The Balaban J connectivity index is 1.52. The number of aryl methyl sites for hydroxylation is 3. The minimum Gasteiger partial charge on any atom is -0.339 e. The second kappa shape index (κ2) is 10.2. The topological polar surface area (TPSA) is 69.7 Å². The van der Waals surface area contributed by atoms with E-state index in [0.29, 0.717) is 36.5 Å². The number of hydrogen-bond donors (Lipinski definition) is 1. The molecule has 0 atom stereocenters. The van der Waals surface area contributed by atoms with Gasteiger partial charge in [0.2, 0.25) is 11.8 Å². The number of anilines is 1. The minimum atomic E-state index is -0.216. The van der Waals surface area contributed by atoms with Crippen LogP contribution in [0, 0.1) is 26.7 Å². The van der Waals surface area contributed by atoms with E-state index >= 15 is 0 Å². The van der Waals surface area contributed by atoms with Crippen LogP contribution in [0.3, 0.4) is 0 Å². The fraction of sp³-hybridized carbons (Fsp3) is 0.400. The number of piperidine rings is 1. The van der Waals surface area contributed by atoms with Crippen LogP contribution in [-0.4, -0.2) is 54.2 Å². The number of likely N-dealkylation sites (tertiary alicyclic amines) is 1. The van der Waals surface area contributed by atoms with Crippen molar-refractivity contribution in [3.05, 3.63) is 63.7 Å². The van der Waals surface area contributed by atoms with Gasteiger partial charge in [0.25, 0.3) is 5.91 Å². The zero-order chi connectivity index (χ0) is 23.4. The quantitative estimate of drug-likeness (QED) is 0.734. The van der Waals surface area contributed by atoms with E-state index in [2.05, 4.69) is 5.32 Å². The lowest BCUT2D eigenvalue weighted by molar-refractivity contribution is -0.138. The molecule has 0 unspecified atom stereocenters. The summed E-state index contributed by atoms with van der Waals surface area (Å²) in [6.07, 6.45) is 1.17. The van der Waals surface area contributed by atoms with E-state index in [4.69, 9.17) is 11.6 Å². The molecule has 1 heterocycles. The lowest BCUT2D eigenvalue weighted by Crippen LogP contribution is -2.45. The Morgan fingerprint density at radius 2 is 1.59 bits per heavy atom. The molecule has 7 heteroatoms. The molecule has 0 aliphatic carbocycles. The van der Waals surface area contributed by atoms with E-state index in [9.17, 15) is 14.4 Å². The number of amides is 3. The lowest BCUT2D eigenvalue weighted by Gasteiger charge is -2.33. The molecule has 1 saturated heterocycles. The van der Waals surface area contributed by atoms with Gasteiger partial charge in [0, 0.05) is 42.3 Å². The first-order chi connectivity index (χ1) is 15.2. The van der Waals surface area contributed by atoms with Crippen LogP contribution in [0.25, 0.3) is 0 Å². The number of rotatable bonds is 5. The molecule has 0 bridgehead atoms. The first-order valence-corrected chi connectivity index (χ1v) is 11.2. The standard InChI is InChI=1S/C25H30ClN3O3/c1-16-13-17(2)23(18(3)14-16)27-22(30)15-28(4)24(31)20-9-11-29(12-10-20)25(32)19-5-7-21(26)8-6-19/h5-8,13-14,20H,9-12,15H2,1-4H3,(H,27,30). The molecular formula is C25H30ClN3O3. The van der Waals surface area contributed by atoms with E-state index in [1.54, 1.807) is 36.2 Å². The molecule has 3 rings (SSSR count). The van der Waals surface area contributed by atoms with Gasteiger partial charge in [-0.3, -0.25) is 14.4 Å². The maximum Gasteiger partial charge on any atom is 0.253 e. The fourth-order valence-corrected chi connectivity index (χ4v) is 4.39. The summed E-state index contributed by atoms with van der Waals surface area (Å²) >= 11 is 5.89. The molecule has 3 amide bonds. The monoisotopic (exact) mass is 455 g/mol. The molecule has 1 fully saturated rings. The summed E-state index contributed by atoms with van der Waals surface area (Å²) in [4.78, 5) is 41.3. The highest BCUT2D eigenvalue weighted by Crippen LogP contribution is 2.23. The number of likely N-dealkylation sites (N-methyl/N-ethyl adjacent to an activating group) is 1. The van der Waals surface area contributed by atoms with Crippen molar-refractivity contribution in [3.8, 4) is 0 Å². The third-order valence-corrected chi connectivity index (χ3v) is 6.17. The molecular weight excluding hydrogens is 426 g/mol. The lowest BCUT2D eigenvalue weighted by atomic mass is 9.95. The third kappa shape index (κ3) is 5.68. The summed E-state index contributed by atoms with van der Waals surface area (Å²) in [7, 11) is 1.65. The van der Waals surface area contributed by atoms with Crippen molar-refractivity contribution < 1.29 is 14.4 Å². The van der Waals surface area contributed by atoms with Crippen molar-refractivity contribution in [3.63, 3.8) is 0 Å². The zero-order valence-corrected chi connectivity index (χ0v) is 19.8. The van der Waals surface area contributed by atoms with E-state index < -0.39 is 0 Å². The molecule has 2 aromatic rings. The van der Waals surface area contributed by atoms with Crippen LogP contribution in [0.5, 0.6) is 0 Å². The van der Waals surface area contributed by atoms with Gasteiger partial charge in [-0.05, 0) is 69.0 Å². The molecule has 0 radical (unpaired) electrons. The van der Waals surface area contributed by atoms with Crippen molar-refractivity contribution >= 4 is 35.0 Å². The van der Waals surface area contributed by atoms with Crippen LogP contribution >= 0.6 is 11.6 Å². The minimum absolute atomic E-state index is 0.00446. The largest absolute Gasteiger partial charge is 0.339 e. The maximum absolute atomic E-state index is 12.9. The average molecular weight is 456 g/mol. The molecule has 32 heavy (non-hydrogen) atoms. The Labute approximate surface area is 194 Å². The van der Waals surface area contributed by atoms with Crippen LogP contribution in [0.2, 0.25) is 5.02 Å². The molecule has 1 aliphatic heterocycles. The SMILES string of the molecule is Cc1cc(C)c(NC(=O)CN(C)C(=O)C2CCN(C(=O)c3ccc(Cl)cc3)CC2)c(C)c1. The molecule has 0 aromatic heterocycles. The number of hydrogen-bond acceptors (Lipinski definition) is 3. The van der Waals surface area contributed by atoms with Gasteiger partial charge in [0.05, 0.1) is 6.54 Å². The second-order valence-corrected chi connectivity index (χ2v) is 9.03. The summed E-state index contributed by atoms with van der Waals surface area (Å²) in [6, 6.07) is 10.9. The first-order valence-electron chi connectivity index (χ1n) is 10.8. The molecule has 2 aromatic carbocycles. The number of nitrogens with zero attached hydrogens (tertiary/aromatic N) is 2. The summed E-state index contributed by atoms with van der Waals surface area (Å²) in [5.74, 6) is -0.517. The Hall–Kier alpha value is -2.86. The average Bonchev–Trinajstić information content (AvgIpc) is 2.76. The van der Waals surface area contributed by atoms with Crippen molar-refractivity contribution in [1.29, 1.82) is 0 Å². The Morgan fingerprint density at radius 3 is 2.16 bits per heavy atom. The second-order valence-electron chi connectivity index (χ2n) is 8.59. The number of nitrogens with one attached hydrogen (secondary N) is 1. The van der Waals surface area contributed by atoms with Crippen molar-refractivity contribution in [2.45, 2.75) is 33.6 Å². The summed E-state index contributed by atoms with van der Waals surface area (Å²) in [5, 5.41) is 3.53. The van der Waals surface area contributed by atoms with Crippen LogP contribution in [-0.2, 0) is 9.59 Å². The molecule has 0 spiro atoms. The molecule has 0 saturated carbocycles. The molecule has 1 N–H and O–H groups in total. The van der Waals surface area contributed by atoms with Crippen LogP contribution in [0.4, 0.5) is 5.69 Å². The highest BCUT2D eigenvalue weighted by molar-refractivity contribution is 6.30. The van der Waals surface area contributed by atoms with Crippen molar-refractivity contribution in [1.82, 2.24) is 9.80 Å². The number of carbonyl (C=O) groups excluding carboxylic acids is 3. The molecule has 170 valence electrons. The first kappa shape index (κ1) is 23.8. The van der Waals surface area contributed by atoms with E-state index in [0.717, 1.165) is 22.4 Å². The van der Waals surface area contributed by atoms with Gasteiger partial charge in [-0.25, -0.2) is 0 Å². The normalized spacial score (nSPS) is 14.2. The van der Waals surface area contributed by atoms with Gasteiger partial charge in [-0.15, -0.1) is 0 Å². The van der Waals surface area contributed by atoms with Crippen molar-refractivity contribution in [2.24, 2.45) is 5.92 Å². The van der Waals surface area contributed by atoms with Gasteiger partial charge in [0.15, 0.2) is 0 Å². The highest BCUT2D eigenvalue weighted by Gasteiger charge is 2.30. The fourth-order valence-electron chi connectivity index (χ4n) is 4.27. The summed E-state index contributed by atoms with van der Waals surface area (Å²) < 4.78 is 0. The van der Waals surface area contributed by atoms with Gasteiger partial charge < -0.3 is 15.1 Å². The zero-order valence-electron chi connectivity index (χ0n) is 19.1. The van der Waals surface area contributed by atoms with E-state index in [1.807, 2.05) is 32.9 Å². The van der Waals surface area contributed by atoms with E-state index in [1.165, 1.54) is 4.90 Å². The Morgan fingerprint density at radius 1 is 1.03 bits per heavy atom. The number of halogens is 1. The molecule has 6 nitrogen and oxygen atoms in total. The number of benzene rings is 2. The van der Waals surface area contributed by atoms with Gasteiger partial charge in [-0.2, -0.15) is 0 Å². The third-order valence-electron chi connectivity index (χ3n) is 5.92. The van der Waals surface area contributed by atoms with E-state index in [-0.39, 0.29) is 30.2 Å². The van der Waals surface area contributed by atoms with Gasteiger partial charge in [0.1, 0.15) is 0 Å². The van der Waals surface area contributed by atoms with Crippen molar-refractivity contribution in [2.75, 3.05) is 32.0 Å². The van der Waals surface area contributed by atoms with Gasteiger partial charge in [-0.1, -0.05) is 29.3 Å². The maximum atomic E-state index is 12.9. The predicted octanol–water partition coefficient (Wildman–Crippen LogP) is 4.21. The Bertz CT molecular complexity index is 989. The smallest absolute Gasteiger partial charge is 0.253 e. The number of carbonyl (C=O) groups is 3. The van der Waals surface area contributed by atoms with Gasteiger partial charge >= 0.3 is 0 Å². The van der Waals surface area contributed by atoms with Crippen LogP contribution in [0.15, 0.2) is 36.4 Å². The van der Waals surface area contributed by atoms with Crippen LogP contribution in [0.1, 0.15) is 39.9 Å².